The molecule has 1 fully saturated rings. The number of primary sulfonamides is 1. The van der Waals surface area contributed by atoms with Crippen LogP contribution in [0.15, 0.2) is 23.1 Å². The minimum Gasteiger partial charge on any atom is -0.481 e. The van der Waals surface area contributed by atoms with Gasteiger partial charge in [-0.05, 0) is 37.5 Å². The molecule has 116 valence electrons. The van der Waals surface area contributed by atoms with Crippen molar-refractivity contribution in [1.82, 2.24) is 0 Å². The van der Waals surface area contributed by atoms with Crippen LogP contribution in [-0.4, -0.2) is 25.5 Å². The van der Waals surface area contributed by atoms with Crippen molar-refractivity contribution in [2.45, 2.75) is 36.6 Å². The van der Waals surface area contributed by atoms with E-state index >= 15 is 0 Å². The Kier molecular flexibility index (Phi) is 4.75. The molecule has 2 unspecified atom stereocenters. The van der Waals surface area contributed by atoms with Gasteiger partial charge in [0.25, 0.3) is 0 Å². The number of carboxylic acids is 1. The third-order valence-corrected chi connectivity index (χ3v) is 4.89. The van der Waals surface area contributed by atoms with Crippen LogP contribution in [0, 0.1) is 5.92 Å². The first-order valence-corrected chi connectivity index (χ1v) is 8.51. The van der Waals surface area contributed by atoms with E-state index in [-0.39, 0.29) is 16.9 Å². The summed E-state index contributed by atoms with van der Waals surface area (Å²) in [6.07, 6.45) is 2.78. The summed E-state index contributed by atoms with van der Waals surface area (Å²) < 4.78 is 22.7. The van der Waals surface area contributed by atoms with Gasteiger partial charge in [0.2, 0.25) is 10.0 Å². The Bertz CT molecular complexity index is 648. The fraction of sp³-hybridized carbons (Fsp3) is 0.462. The molecular formula is C13H17ClN2O4S. The Morgan fingerprint density at radius 1 is 1.38 bits per heavy atom. The first-order valence-electron chi connectivity index (χ1n) is 6.59. The molecule has 0 amide bonds. The lowest BCUT2D eigenvalue weighted by Crippen LogP contribution is -2.31. The Balaban J connectivity index is 2.17. The van der Waals surface area contributed by atoms with E-state index in [1.54, 1.807) is 0 Å². The molecule has 6 nitrogen and oxygen atoms in total. The number of carbonyl (C=O) groups is 1. The summed E-state index contributed by atoms with van der Waals surface area (Å²) in [4.78, 5) is 11.0. The first-order chi connectivity index (χ1) is 9.77. The second-order valence-electron chi connectivity index (χ2n) is 5.23. The minimum atomic E-state index is -3.80. The average Bonchev–Trinajstić information content (AvgIpc) is 2.40. The molecule has 0 aliphatic heterocycles. The van der Waals surface area contributed by atoms with Crippen molar-refractivity contribution in [1.29, 1.82) is 0 Å². The molecule has 1 saturated carbocycles. The number of benzene rings is 1. The molecule has 8 heteroatoms. The van der Waals surface area contributed by atoms with Gasteiger partial charge in [-0.15, -0.1) is 0 Å². The lowest BCUT2D eigenvalue weighted by molar-refractivity contribution is -0.142. The predicted molar refractivity (Wildman–Crippen MR) is 79.8 cm³/mol. The fourth-order valence-electron chi connectivity index (χ4n) is 2.56. The highest BCUT2D eigenvalue weighted by atomic mass is 35.5. The second kappa shape index (κ2) is 6.21. The van der Waals surface area contributed by atoms with E-state index in [0.717, 1.165) is 12.8 Å². The van der Waals surface area contributed by atoms with E-state index in [9.17, 15) is 13.2 Å². The van der Waals surface area contributed by atoms with Gasteiger partial charge in [-0.3, -0.25) is 4.79 Å². The van der Waals surface area contributed by atoms with Gasteiger partial charge in [0, 0.05) is 6.04 Å². The van der Waals surface area contributed by atoms with Crippen LogP contribution in [0.25, 0.3) is 0 Å². The fourth-order valence-corrected chi connectivity index (χ4v) is 3.27. The third kappa shape index (κ3) is 4.09. The Hall–Kier alpha value is -1.31. The summed E-state index contributed by atoms with van der Waals surface area (Å²) in [5.74, 6) is -1.18. The van der Waals surface area contributed by atoms with Crippen molar-refractivity contribution in [3.8, 4) is 0 Å². The maximum atomic E-state index is 11.4. The molecule has 21 heavy (non-hydrogen) atoms. The topological polar surface area (TPSA) is 109 Å². The zero-order valence-corrected chi connectivity index (χ0v) is 12.8. The first kappa shape index (κ1) is 16.1. The molecule has 1 aromatic carbocycles. The molecule has 1 aliphatic carbocycles. The van der Waals surface area contributed by atoms with Crippen molar-refractivity contribution in [3.63, 3.8) is 0 Å². The molecule has 1 aromatic rings. The van der Waals surface area contributed by atoms with Crippen LogP contribution in [0.4, 0.5) is 5.69 Å². The number of halogens is 1. The van der Waals surface area contributed by atoms with Crippen molar-refractivity contribution >= 4 is 33.3 Å². The van der Waals surface area contributed by atoms with Crippen LogP contribution in [-0.2, 0) is 14.8 Å². The van der Waals surface area contributed by atoms with E-state index in [0.29, 0.717) is 23.6 Å². The molecule has 1 aliphatic rings. The molecule has 2 atom stereocenters. The van der Waals surface area contributed by atoms with Gasteiger partial charge >= 0.3 is 5.97 Å². The zero-order chi connectivity index (χ0) is 15.6. The van der Waals surface area contributed by atoms with E-state index in [1.807, 2.05) is 0 Å². The molecule has 0 radical (unpaired) electrons. The molecule has 0 heterocycles. The quantitative estimate of drug-likeness (QED) is 0.781. The standard InChI is InChI=1S/C13H17ClN2O4S/c14-11-5-4-10(21(15,19)20)7-12(11)16-9-3-1-2-8(6-9)13(17)18/h4-5,7-9,16H,1-3,6H2,(H,17,18)(H2,15,19,20). The second-order valence-corrected chi connectivity index (χ2v) is 7.20. The monoisotopic (exact) mass is 332 g/mol. The van der Waals surface area contributed by atoms with Gasteiger partial charge < -0.3 is 10.4 Å². The normalized spacial score (nSPS) is 22.8. The predicted octanol–water partition coefficient (Wildman–Crippen LogP) is 2.04. The summed E-state index contributed by atoms with van der Waals surface area (Å²) in [5, 5.41) is 17.7. The van der Waals surface area contributed by atoms with Crippen molar-refractivity contribution < 1.29 is 18.3 Å². The maximum absolute atomic E-state index is 11.4. The average molecular weight is 333 g/mol. The van der Waals surface area contributed by atoms with Crippen molar-refractivity contribution in [2.24, 2.45) is 11.1 Å². The van der Waals surface area contributed by atoms with Gasteiger partial charge in [-0.25, -0.2) is 13.6 Å². The van der Waals surface area contributed by atoms with Crippen LogP contribution in [0.2, 0.25) is 5.02 Å². The van der Waals surface area contributed by atoms with E-state index < -0.39 is 16.0 Å². The maximum Gasteiger partial charge on any atom is 0.306 e. The number of rotatable bonds is 4. The van der Waals surface area contributed by atoms with Gasteiger partial charge in [-0.2, -0.15) is 0 Å². The molecule has 2 rings (SSSR count). The number of anilines is 1. The lowest BCUT2D eigenvalue weighted by Gasteiger charge is -2.28. The summed E-state index contributed by atoms with van der Waals surface area (Å²) >= 11 is 6.05. The zero-order valence-electron chi connectivity index (χ0n) is 11.3. The Labute approximate surface area is 128 Å². The minimum absolute atomic E-state index is 0.0278. The summed E-state index contributed by atoms with van der Waals surface area (Å²) in [6, 6.07) is 4.13. The molecular weight excluding hydrogens is 316 g/mol. The number of hydrogen-bond acceptors (Lipinski definition) is 4. The Morgan fingerprint density at radius 2 is 2.10 bits per heavy atom. The van der Waals surface area contributed by atoms with E-state index in [4.69, 9.17) is 21.8 Å². The van der Waals surface area contributed by atoms with Crippen molar-refractivity contribution in [3.05, 3.63) is 23.2 Å². The summed E-state index contributed by atoms with van der Waals surface area (Å²) in [7, 11) is -3.80. The molecule has 0 spiro atoms. The van der Waals surface area contributed by atoms with Crippen LogP contribution < -0.4 is 10.5 Å². The highest BCUT2D eigenvalue weighted by molar-refractivity contribution is 7.89. The number of nitrogens with two attached hydrogens (primary N) is 1. The van der Waals surface area contributed by atoms with E-state index in [1.165, 1.54) is 18.2 Å². The summed E-state index contributed by atoms with van der Waals surface area (Å²) in [6.45, 7) is 0. The Morgan fingerprint density at radius 3 is 2.71 bits per heavy atom. The molecule has 0 saturated heterocycles. The number of carboxylic acid groups (broad SMARTS) is 1. The molecule has 4 N–H and O–H groups in total. The number of aliphatic carboxylic acids is 1. The van der Waals surface area contributed by atoms with Gasteiger partial charge in [-0.1, -0.05) is 18.0 Å². The number of hydrogen-bond donors (Lipinski definition) is 3. The van der Waals surface area contributed by atoms with Crippen LogP contribution in [0.1, 0.15) is 25.7 Å². The van der Waals surface area contributed by atoms with Gasteiger partial charge in [0.05, 0.1) is 21.5 Å². The van der Waals surface area contributed by atoms with Gasteiger partial charge in [0.1, 0.15) is 0 Å². The summed E-state index contributed by atoms with van der Waals surface area (Å²) in [5.41, 5.74) is 0.458. The largest absolute Gasteiger partial charge is 0.481 e. The molecule has 0 aromatic heterocycles. The molecule has 0 bridgehead atoms. The number of sulfonamides is 1. The van der Waals surface area contributed by atoms with Crippen molar-refractivity contribution in [2.75, 3.05) is 5.32 Å². The van der Waals surface area contributed by atoms with E-state index in [2.05, 4.69) is 5.32 Å². The van der Waals surface area contributed by atoms with Gasteiger partial charge in [0.15, 0.2) is 0 Å². The number of nitrogens with one attached hydrogen (secondary N) is 1. The highest BCUT2D eigenvalue weighted by Crippen LogP contribution is 2.30. The lowest BCUT2D eigenvalue weighted by atomic mass is 9.85. The van der Waals surface area contributed by atoms with Crippen LogP contribution >= 0.6 is 11.6 Å². The van der Waals surface area contributed by atoms with Crippen LogP contribution in [0.5, 0.6) is 0 Å². The third-order valence-electron chi connectivity index (χ3n) is 3.65. The smallest absolute Gasteiger partial charge is 0.306 e. The SMILES string of the molecule is NS(=O)(=O)c1ccc(Cl)c(NC2CCCC(C(=O)O)C2)c1. The highest BCUT2D eigenvalue weighted by Gasteiger charge is 2.27. The van der Waals surface area contributed by atoms with Crippen LogP contribution in [0.3, 0.4) is 0 Å².